The number of carbonyl (C=O) groups excluding carboxylic acids is 1. The molecule has 0 atom stereocenters. The lowest BCUT2D eigenvalue weighted by atomic mass is 9.67. The summed E-state index contributed by atoms with van der Waals surface area (Å²) in [5.74, 6) is 0.0122. The molecular formula is C20H21NO. The van der Waals surface area contributed by atoms with Crippen LogP contribution in [0.3, 0.4) is 0 Å². The fraction of sp³-hybridized carbons (Fsp3) is 0.250. The molecule has 2 aromatic rings. The predicted molar refractivity (Wildman–Crippen MR) is 89.4 cm³/mol. The van der Waals surface area contributed by atoms with Crippen molar-refractivity contribution in [3.05, 3.63) is 83.6 Å². The molecule has 1 aliphatic rings. The van der Waals surface area contributed by atoms with Crippen LogP contribution in [0, 0.1) is 0 Å². The van der Waals surface area contributed by atoms with Crippen molar-refractivity contribution in [2.45, 2.75) is 31.6 Å². The van der Waals surface area contributed by atoms with E-state index < -0.39 is 0 Å². The number of hydrogen-bond acceptors (Lipinski definition) is 1. The zero-order valence-corrected chi connectivity index (χ0v) is 12.9. The second kappa shape index (κ2) is 6.18. The maximum atomic E-state index is 11.3. The smallest absolute Gasteiger partial charge is 0.220 e. The fourth-order valence-corrected chi connectivity index (χ4v) is 3.39. The summed E-state index contributed by atoms with van der Waals surface area (Å²) in [5.41, 5.74) is 3.75. The Morgan fingerprint density at radius 3 is 1.91 bits per heavy atom. The molecule has 0 heterocycles. The van der Waals surface area contributed by atoms with Crippen molar-refractivity contribution < 1.29 is 4.79 Å². The van der Waals surface area contributed by atoms with Gasteiger partial charge in [0, 0.05) is 18.0 Å². The lowest BCUT2D eigenvalue weighted by Gasteiger charge is -2.38. The molecular weight excluding hydrogens is 270 g/mol. The summed E-state index contributed by atoms with van der Waals surface area (Å²) in [5, 5.41) is 2.94. The van der Waals surface area contributed by atoms with Crippen molar-refractivity contribution in [1.29, 1.82) is 0 Å². The Morgan fingerprint density at radius 2 is 1.50 bits per heavy atom. The van der Waals surface area contributed by atoms with Crippen LogP contribution >= 0.6 is 0 Å². The van der Waals surface area contributed by atoms with Crippen molar-refractivity contribution in [1.82, 2.24) is 5.32 Å². The maximum absolute atomic E-state index is 11.3. The maximum Gasteiger partial charge on any atom is 0.220 e. The second-order valence-electron chi connectivity index (χ2n) is 5.93. The van der Waals surface area contributed by atoms with Crippen LogP contribution in [0.4, 0.5) is 0 Å². The normalized spacial score (nSPS) is 16.7. The molecule has 0 saturated heterocycles. The number of rotatable bonds is 3. The standard InChI is InChI=1S/C20H21NO/c1-16(22)21-19-12-14-20(15-13-19,17-8-4-2-5-9-17)18-10-6-3-7-11-18/h2-12H,13-15H2,1H3,(H,21,22). The number of allylic oxidation sites excluding steroid dienone is 2. The van der Waals surface area contributed by atoms with E-state index in [1.807, 2.05) is 0 Å². The van der Waals surface area contributed by atoms with Crippen LogP contribution in [0.15, 0.2) is 72.4 Å². The van der Waals surface area contributed by atoms with E-state index in [9.17, 15) is 4.79 Å². The Bertz CT molecular complexity index is 634. The molecule has 0 radical (unpaired) electrons. The van der Waals surface area contributed by atoms with Crippen molar-refractivity contribution in [3.8, 4) is 0 Å². The van der Waals surface area contributed by atoms with Gasteiger partial charge in [0.15, 0.2) is 0 Å². The van der Waals surface area contributed by atoms with Crippen LogP contribution < -0.4 is 5.32 Å². The molecule has 0 unspecified atom stereocenters. The largest absolute Gasteiger partial charge is 0.330 e. The Labute approximate surface area is 131 Å². The third-order valence-corrected chi connectivity index (χ3v) is 4.51. The summed E-state index contributed by atoms with van der Waals surface area (Å²) >= 11 is 0. The second-order valence-corrected chi connectivity index (χ2v) is 5.93. The molecule has 0 aliphatic heterocycles. The van der Waals surface area contributed by atoms with E-state index in [-0.39, 0.29) is 11.3 Å². The molecule has 0 spiro atoms. The van der Waals surface area contributed by atoms with Gasteiger partial charge in [-0.1, -0.05) is 66.7 Å². The van der Waals surface area contributed by atoms with E-state index in [0.717, 1.165) is 25.0 Å². The minimum absolute atomic E-state index is 0.00445. The molecule has 1 aliphatic carbocycles. The molecule has 0 fully saturated rings. The van der Waals surface area contributed by atoms with Crippen LogP contribution in [-0.2, 0) is 10.2 Å². The van der Waals surface area contributed by atoms with E-state index in [0.29, 0.717) is 0 Å². The molecule has 1 amide bonds. The molecule has 22 heavy (non-hydrogen) atoms. The third kappa shape index (κ3) is 2.82. The predicted octanol–water partition coefficient (Wildman–Crippen LogP) is 4.18. The van der Waals surface area contributed by atoms with Gasteiger partial charge in [-0.2, -0.15) is 0 Å². The monoisotopic (exact) mass is 291 g/mol. The minimum atomic E-state index is 0.00445. The first kappa shape index (κ1) is 14.6. The van der Waals surface area contributed by atoms with Crippen molar-refractivity contribution in [2.75, 3.05) is 0 Å². The van der Waals surface area contributed by atoms with Gasteiger partial charge in [0.1, 0.15) is 0 Å². The number of benzene rings is 2. The Hall–Kier alpha value is -2.35. The highest BCUT2D eigenvalue weighted by molar-refractivity contribution is 5.74. The van der Waals surface area contributed by atoms with Gasteiger partial charge in [-0.15, -0.1) is 0 Å². The molecule has 0 aromatic heterocycles. The highest BCUT2D eigenvalue weighted by Gasteiger charge is 2.35. The van der Waals surface area contributed by atoms with Crippen molar-refractivity contribution >= 4 is 5.91 Å². The summed E-state index contributed by atoms with van der Waals surface area (Å²) in [7, 11) is 0. The Kier molecular flexibility index (Phi) is 4.10. The van der Waals surface area contributed by atoms with Gasteiger partial charge in [-0.25, -0.2) is 0 Å². The van der Waals surface area contributed by atoms with Gasteiger partial charge in [0.25, 0.3) is 0 Å². The van der Waals surface area contributed by atoms with Gasteiger partial charge >= 0.3 is 0 Å². The minimum Gasteiger partial charge on any atom is -0.330 e. The molecule has 3 rings (SSSR count). The van der Waals surface area contributed by atoms with Crippen molar-refractivity contribution in [3.63, 3.8) is 0 Å². The molecule has 2 aromatic carbocycles. The number of hydrogen-bond donors (Lipinski definition) is 1. The zero-order valence-electron chi connectivity index (χ0n) is 12.9. The van der Waals surface area contributed by atoms with Crippen LogP contribution in [0.1, 0.15) is 37.3 Å². The Balaban J connectivity index is 2.00. The highest BCUT2D eigenvalue weighted by Crippen LogP contribution is 2.43. The molecule has 0 bridgehead atoms. The number of carbonyl (C=O) groups is 1. The fourth-order valence-electron chi connectivity index (χ4n) is 3.39. The summed E-state index contributed by atoms with van der Waals surface area (Å²) in [6.07, 6.45) is 5.00. The van der Waals surface area contributed by atoms with Crippen LogP contribution in [0.25, 0.3) is 0 Å². The third-order valence-electron chi connectivity index (χ3n) is 4.51. The van der Waals surface area contributed by atoms with E-state index >= 15 is 0 Å². The molecule has 1 N–H and O–H groups in total. The van der Waals surface area contributed by atoms with Crippen LogP contribution in [0.2, 0.25) is 0 Å². The molecule has 2 heteroatoms. The zero-order chi connectivity index (χ0) is 15.4. The summed E-state index contributed by atoms with van der Waals surface area (Å²) in [6.45, 7) is 1.57. The molecule has 2 nitrogen and oxygen atoms in total. The first-order valence-corrected chi connectivity index (χ1v) is 7.78. The van der Waals surface area contributed by atoms with Gasteiger partial charge in [0.2, 0.25) is 5.91 Å². The highest BCUT2D eigenvalue weighted by atomic mass is 16.1. The Morgan fingerprint density at radius 1 is 0.955 bits per heavy atom. The summed E-state index contributed by atoms with van der Waals surface area (Å²) < 4.78 is 0. The van der Waals surface area contributed by atoms with Crippen LogP contribution in [-0.4, -0.2) is 5.91 Å². The number of nitrogens with one attached hydrogen (secondary N) is 1. The van der Waals surface area contributed by atoms with Gasteiger partial charge in [-0.3, -0.25) is 4.79 Å². The quantitative estimate of drug-likeness (QED) is 0.903. The van der Waals surface area contributed by atoms with Crippen molar-refractivity contribution in [2.24, 2.45) is 0 Å². The average molecular weight is 291 g/mol. The van der Waals surface area contributed by atoms with Gasteiger partial charge < -0.3 is 5.32 Å². The van der Waals surface area contributed by atoms with E-state index in [1.54, 1.807) is 6.92 Å². The SMILES string of the molecule is CC(=O)NC1=CCC(c2ccccc2)(c2ccccc2)CC1. The lowest BCUT2D eigenvalue weighted by Crippen LogP contribution is -2.32. The van der Waals surface area contributed by atoms with Gasteiger partial charge in [-0.05, 0) is 30.4 Å². The van der Waals surface area contributed by atoms with Crippen LogP contribution in [0.5, 0.6) is 0 Å². The average Bonchev–Trinajstić information content (AvgIpc) is 2.57. The van der Waals surface area contributed by atoms with E-state index in [4.69, 9.17) is 0 Å². The van der Waals surface area contributed by atoms with E-state index in [2.05, 4.69) is 72.1 Å². The molecule has 112 valence electrons. The summed E-state index contributed by atoms with van der Waals surface area (Å²) in [6, 6.07) is 21.4. The summed E-state index contributed by atoms with van der Waals surface area (Å²) in [4.78, 5) is 11.3. The first-order chi connectivity index (χ1) is 10.7. The van der Waals surface area contributed by atoms with Gasteiger partial charge in [0.05, 0.1) is 0 Å². The lowest BCUT2D eigenvalue weighted by molar-refractivity contribution is -0.118. The van der Waals surface area contributed by atoms with E-state index in [1.165, 1.54) is 11.1 Å². The molecule has 0 saturated carbocycles. The topological polar surface area (TPSA) is 29.1 Å². The number of amides is 1. The first-order valence-electron chi connectivity index (χ1n) is 7.78.